The monoisotopic (exact) mass is 237 g/mol. The Bertz CT molecular complexity index is 339. The normalized spacial score (nSPS) is 10.6. The Labute approximate surface area is 104 Å². The van der Waals surface area contributed by atoms with E-state index in [1.807, 2.05) is 13.8 Å². The lowest BCUT2D eigenvalue weighted by Gasteiger charge is -2.15. The Balaban J connectivity index is 2.94. The van der Waals surface area contributed by atoms with Gasteiger partial charge >= 0.3 is 0 Å². The van der Waals surface area contributed by atoms with Crippen LogP contribution in [-0.4, -0.2) is 22.6 Å². The molecule has 4 heteroatoms. The van der Waals surface area contributed by atoms with Crippen molar-refractivity contribution in [2.75, 3.05) is 11.9 Å². The number of nitrogens with one attached hydrogen (secondary N) is 1. The molecule has 4 nitrogen and oxygen atoms in total. The summed E-state index contributed by atoms with van der Waals surface area (Å²) in [5, 5.41) is 3.33. The van der Waals surface area contributed by atoms with Gasteiger partial charge < -0.3 is 10.1 Å². The molecule has 0 spiro atoms. The van der Waals surface area contributed by atoms with Crippen LogP contribution in [0.1, 0.15) is 46.1 Å². The number of ether oxygens (including phenoxy) is 1. The second-order valence-electron chi connectivity index (χ2n) is 4.35. The Hall–Kier alpha value is -1.32. The van der Waals surface area contributed by atoms with Gasteiger partial charge in [0, 0.05) is 6.54 Å². The molecule has 0 saturated heterocycles. The number of anilines is 1. The third kappa shape index (κ3) is 4.21. The van der Waals surface area contributed by atoms with Crippen molar-refractivity contribution in [3.8, 4) is 5.88 Å². The highest BCUT2D eigenvalue weighted by atomic mass is 16.5. The van der Waals surface area contributed by atoms with Crippen LogP contribution in [0, 0.1) is 0 Å². The zero-order valence-electron chi connectivity index (χ0n) is 11.3. The Morgan fingerprint density at radius 1 is 1.24 bits per heavy atom. The zero-order chi connectivity index (χ0) is 12.7. The molecular formula is C13H23N3O. The summed E-state index contributed by atoms with van der Waals surface area (Å²) in [6.45, 7) is 9.23. The van der Waals surface area contributed by atoms with Crippen LogP contribution in [0.15, 0.2) is 6.33 Å². The van der Waals surface area contributed by atoms with Crippen LogP contribution in [-0.2, 0) is 6.42 Å². The first kappa shape index (κ1) is 13.7. The van der Waals surface area contributed by atoms with E-state index >= 15 is 0 Å². The summed E-state index contributed by atoms with van der Waals surface area (Å²) in [4.78, 5) is 8.53. The van der Waals surface area contributed by atoms with Gasteiger partial charge in [0.1, 0.15) is 12.1 Å². The predicted octanol–water partition coefficient (Wildman–Crippen LogP) is 3.04. The van der Waals surface area contributed by atoms with Crippen molar-refractivity contribution in [2.24, 2.45) is 0 Å². The molecule has 1 rings (SSSR count). The fourth-order valence-corrected chi connectivity index (χ4v) is 1.59. The smallest absolute Gasteiger partial charge is 0.222 e. The molecule has 1 N–H and O–H groups in total. The molecule has 1 heterocycles. The van der Waals surface area contributed by atoms with Gasteiger partial charge in [-0.3, -0.25) is 0 Å². The molecule has 0 aliphatic carbocycles. The maximum absolute atomic E-state index is 5.73. The van der Waals surface area contributed by atoms with Crippen LogP contribution in [0.2, 0.25) is 0 Å². The fourth-order valence-electron chi connectivity index (χ4n) is 1.59. The summed E-state index contributed by atoms with van der Waals surface area (Å²) >= 11 is 0. The molecule has 0 amide bonds. The zero-order valence-corrected chi connectivity index (χ0v) is 11.3. The van der Waals surface area contributed by atoms with Crippen molar-refractivity contribution in [1.82, 2.24) is 9.97 Å². The SMILES string of the molecule is CCCNc1ncnc(OC(C)C)c1CCC. The number of hydrogen-bond acceptors (Lipinski definition) is 4. The summed E-state index contributed by atoms with van der Waals surface area (Å²) in [5.74, 6) is 1.63. The first-order valence-electron chi connectivity index (χ1n) is 6.43. The third-order valence-electron chi connectivity index (χ3n) is 2.30. The van der Waals surface area contributed by atoms with Crippen LogP contribution >= 0.6 is 0 Å². The van der Waals surface area contributed by atoms with Gasteiger partial charge in [-0.1, -0.05) is 20.3 Å². The van der Waals surface area contributed by atoms with Crippen LogP contribution in [0.5, 0.6) is 5.88 Å². The first-order chi connectivity index (χ1) is 8.19. The van der Waals surface area contributed by atoms with Gasteiger partial charge in [-0.25, -0.2) is 9.97 Å². The molecule has 1 aromatic heterocycles. The second-order valence-corrected chi connectivity index (χ2v) is 4.35. The Morgan fingerprint density at radius 3 is 2.59 bits per heavy atom. The van der Waals surface area contributed by atoms with E-state index in [0.717, 1.165) is 43.1 Å². The quantitative estimate of drug-likeness (QED) is 0.791. The van der Waals surface area contributed by atoms with E-state index in [0.29, 0.717) is 0 Å². The molecule has 17 heavy (non-hydrogen) atoms. The third-order valence-corrected chi connectivity index (χ3v) is 2.30. The van der Waals surface area contributed by atoms with Crippen molar-refractivity contribution in [2.45, 2.75) is 53.1 Å². The topological polar surface area (TPSA) is 47.0 Å². The van der Waals surface area contributed by atoms with E-state index in [9.17, 15) is 0 Å². The summed E-state index contributed by atoms with van der Waals surface area (Å²) in [7, 11) is 0. The lowest BCUT2D eigenvalue weighted by atomic mass is 10.1. The summed E-state index contributed by atoms with van der Waals surface area (Å²) in [6.07, 6.45) is 4.78. The van der Waals surface area contributed by atoms with Gasteiger partial charge in [-0.2, -0.15) is 0 Å². The van der Waals surface area contributed by atoms with Gasteiger partial charge in [0.2, 0.25) is 5.88 Å². The number of aromatic nitrogens is 2. The van der Waals surface area contributed by atoms with Crippen LogP contribution in [0.3, 0.4) is 0 Å². The van der Waals surface area contributed by atoms with E-state index in [1.165, 1.54) is 0 Å². The van der Waals surface area contributed by atoms with Crippen molar-refractivity contribution in [1.29, 1.82) is 0 Å². The van der Waals surface area contributed by atoms with Gasteiger partial charge in [0.15, 0.2) is 0 Å². The van der Waals surface area contributed by atoms with Gasteiger partial charge in [-0.05, 0) is 26.7 Å². The average Bonchev–Trinajstić information content (AvgIpc) is 2.29. The van der Waals surface area contributed by atoms with Crippen molar-refractivity contribution < 1.29 is 4.74 Å². The largest absolute Gasteiger partial charge is 0.475 e. The van der Waals surface area contributed by atoms with Crippen molar-refractivity contribution >= 4 is 5.82 Å². The lowest BCUT2D eigenvalue weighted by molar-refractivity contribution is 0.229. The molecule has 1 aromatic rings. The van der Waals surface area contributed by atoms with Gasteiger partial charge in [0.05, 0.1) is 11.7 Å². The molecule has 0 bridgehead atoms. The first-order valence-corrected chi connectivity index (χ1v) is 6.43. The highest BCUT2D eigenvalue weighted by Gasteiger charge is 2.12. The summed E-state index contributed by atoms with van der Waals surface area (Å²) in [6, 6.07) is 0. The molecule has 0 atom stereocenters. The molecule has 96 valence electrons. The van der Waals surface area contributed by atoms with Crippen LogP contribution < -0.4 is 10.1 Å². The lowest BCUT2D eigenvalue weighted by Crippen LogP contribution is -2.12. The van der Waals surface area contributed by atoms with E-state index in [-0.39, 0.29) is 6.10 Å². The maximum Gasteiger partial charge on any atom is 0.222 e. The van der Waals surface area contributed by atoms with E-state index < -0.39 is 0 Å². The molecule has 0 fully saturated rings. The minimum atomic E-state index is 0.138. The van der Waals surface area contributed by atoms with Gasteiger partial charge in [-0.15, -0.1) is 0 Å². The van der Waals surface area contributed by atoms with E-state index in [4.69, 9.17) is 4.74 Å². The highest BCUT2D eigenvalue weighted by Crippen LogP contribution is 2.24. The summed E-state index contributed by atoms with van der Waals surface area (Å²) in [5.41, 5.74) is 1.09. The number of hydrogen-bond donors (Lipinski definition) is 1. The molecule has 0 aromatic carbocycles. The van der Waals surface area contributed by atoms with Crippen molar-refractivity contribution in [3.05, 3.63) is 11.9 Å². The fraction of sp³-hybridized carbons (Fsp3) is 0.692. The number of rotatable bonds is 7. The molecule has 0 radical (unpaired) electrons. The molecule has 0 unspecified atom stereocenters. The van der Waals surface area contributed by atoms with E-state index in [1.54, 1.807) is 6.33 Å². The molecular weight excluding hydrogens is 214 g/mol. The minimum Gasteiger partial charge on any atom is -0.475 e. The molecule has 0 aliphatic heterocycles. The Morgan fingerprint density at radius 2 is 2.00 bits per heavy atom. The number of nitrogens with zero attached hydrogens (tertiary/aromatic N) is 2. The Kier molecular flexibility index (Phi) is 5.73. The van der Waals surface area contributed by atoms with Crippen LogP contribution in [0.4, 0.5) is 5.82 Å². The average molecular weight is 237 g/mol. The van der Waals surface area contributed by atoms with E-state index in [2.05, 4.69) is 29.1 Å². The molecule has 0 aliphatic rings. The van der Waals surface area contributed by atoms with Crippen molar-refractivity contribution in [3.63, 3.8) is 0 Å². The second kappa shape index (κ2) is 7.09. The highest BCUT2D eigenvalue weighted by molar-refractivity contribution is 5.48. The molecule has 0 saturated carbocycles. The maximum atomic E-state index is 5.73. The van der Waals surface area contributed by atoms with Gasteiger partial charge in [0.25, 0.3) is 0 Å². The minimum absolute atomic E-state index is 0.138. The van der Waals surface area contributed by atoms with Crippen LogP contribution in [0.25, 0.3) is 0 Å². The predicted molar refractivity (Wildman–Crippen MR) is 70.6 cm³/mol. The standard InChI is InChI=1S/C13H23N3O/c1-5-7-11-12(14-8-6-2)15-9-16-13(11)17-10(3)4/h9-10H,5-8H2,1-4H3,(H,14,15,16). The summed E-state index contributed by atoms with van der Waals surface area (Å²) < 4.78 is 5.73.